The topological polar surface area (TPSA) is 70.6 Å². The Balaban J connectivity index is 1.42. The minimum absolute atomic E-state index is 0.118. The van der Waals surface area contributed by atoms with Gasteiger partial charge in [0.25, 0.3) is 0 Å². The Morgan fingerprint density at radius 3 is 2.76 bits per heavy atom. The molecule has 1 saturated carbocycles. The fourth-order valence-electron chi connectivity index (χ4n) is 2.73. The molecule has 5 heteroatoms. The predicted octanol–water partition coefficient (Wildman–Crippen LogP) is 2.99. The molecule has 1 aliphatic rings. The van der Waals surface area contributed by atoms with Gasteiger partial charge in [0.15, 0.2) is 0 Å². The highest BCUT2D eigenvalue weighted by Crippen LogP contribution is 2.28. The van der Waals surface area contributed by atoms with E-state index in [1.807, 2.05) is 25.1 Å². The lowest BCUT2D eigenvalue weighted by Gasteiger charge is -2.17. The zero-order chi connectivity index (χ0) is 17.6. The van der Waals surface area contributed by atoms with E-state index in [1.165, 1.54) is 18.2 Å². The van der Waals surface area contributed by atoms with Crippen LogP contribution in [-0.4, -0.2) is 37.0 Å². The van der Waals surface area contributed by atoms with Gasteiger partial charge in [-0.1, -0.05) is 36.4 Å². The first-order chi connectivity index (χ1) is 12.1. The van der Waals surface area contributed by atoms with Gasteiger partial charge in [0.05, 0.1) is 18.8 Å². The number of benzene rings is 2. The number of hydrogen-bond donors (Lipinski definition) is 3. The summed E-state index contributed by atoms with van der Waals surface area (Å²) < 4.78 is 5.42. The Kier molecular flexibility index (Phi) is 5.89. The third kappa shape index (κ3) is 5.44. The number of rotatable bonds is 8. The first-order valence-corrected chi connectivity index (χ1v) is 8.90. The Labute approximate surface area is 148 Å². The lowest BCUT2D eigenvalue weighted by Crippen LogP contribution is -2.41. The highest BCUT2D eigenvalue weighted by molar-refractivity contribution is 5.83. The van der Waals surface area contributed by atoms with Crippen LogP contribution in [0.5, 0.6) is 0 Å². The van der Waals surface area contributed by atoms with Gasteiger partial charge in [0, 0.05) is 13.2 Å². The predicted molar refractivity (Wildman–Crippen MR) is 98.4 cm³/mol. The lowest BCUT2D eigenvalue weighted by atomic mass is 10.0. The Bertz CT molecular complexity index is 715. The third-order valence-corrected chi connectivity index (χ3v) is 4.48. The first-order valence-electron chi connectivity index (χ1n) is 8.90. The van der Waals surface area contributed by atoms with Crippen LogP contribution in [-0.2, 0) is 4.74 Å². The van der Waals surface area contributed by atoms with Gasteiger partial charge in [-0.05, 0) is 48.1 Å². The second-order valence-electron chi connectivity index (χ2n) is 6.82. The van der Waals surface area contributed by atoms with Gasteiger partial charge in [-0.15, -0.1) is 0 Å². The molecule has 3 rings (SSSR count). The number of nitrogens with one attached hydrogen (secondary N) is 2. The van der Waals surface area contributed by atoms with E-state index in [4.69, 9.17) is 4.74 Å². The summed E-state index contributed by atoms with van der Waals surface area (Å²) in [6, 6.07) is 13.9. The minimum atomic E-state index is -0.680. The lowest BCUT2D eigenvalue weighted by molar-refractivity contribution is 0.0337. The van der Waals surface area contributed by atoms with Crippen LogP contribution in [0.25, 0.3) is 10.8 Å². The summed E-state index contributed by atoms with van der Waals surface area (Å²) in [5, 5.41) is 17.8. The van der Waals surface area contributed by atoms with E-state index in [9.17, 15) is 9.90 Å². The molecule has 5 nitrogen and oxygen atoms in total. The number of hydrogen-bond acceptors (Lipinski definition) is 3. The van der Waals surface area contributed by atoms with Crippen LogP contribution in [0.3, 0.4) is 0 Å². The van der Waals surface area contributed by atoms with E-state index < -0.39 is 6.10 Å². The van der Waals surface area contributed by atoms with Crippen LogP contribution in [0.15, 0.2) is 42.5 Å². The standard InChI is InChI=1S/C20H26N2O3/c1-14(17-9-8-16-4-2-3-5-18(16)10-17)22-20(24)21-11-19(23)13-25-12-15-6-7-15/h2-5,8-10,14-15,19,23H,6-7,11-13H2,1H3,(H2,21,22,24). The monoisotopic (exact) mass is 342 g/mol. The number of aliphatic hydroxyl groups is 1. The maximum atomic E-state index is 12.0. The highest BCUT2D eigenvalue weighted by atomic mass is 16.5. The van der Waals surface area contributed by atoms with Gasteiger partial charge in [0.1, 0.15) is 0 Å². The maximum Gasteiger partial charge on any atom is 0.315 e. The van der Waals surface area contributed by atoms with Gasteiger partial charge >= 0.3 is 6.03 Å². The summed E-state index contributed by atoms with van der Waals surface area (Å²) in [4.78, 5) is 12.0. The molecule has 1 fully saturated rings. The molecule has 2 unspecified atom stereocenters. The van der Waals surface area contributed by atoms with Gasteiger partial charge in [-0.25, -0.2) is 4.79 Å². The highest BCUT2D eigenvalue weighted by Gasteiger charge is 2.21. The van der Waals surface area contributed by atoms with Crippen LogP contribution in [0.1, 0.15) is 31.4 Å². The zero-order valence-corrected chi connectivity index (χ0v) is 14.6. The SMILES string of the molecule is CC(NC(=O)NCC(O)COCC1CC1)c1ccc2ccccc2c1. The van der Waals surface area contributed by atoms with Crippen molar-refractivity contribution in [1.29, 1.82) is 0 Å². The maximum absolute atomic E-state index is 12.0. The Morgan fingerprint density at radius 2 is 2.00 bits per heavy atom. The Hall–Kier alpha value is -2.11. The number of aliphatic hydroxyl groups excluding tert-OH is 1. The summed E-state index contributed by atoms with van der Waals surface area (Å²) >= 11 is 0. The largest absolute Gasteiger partial charge is 0.389 e. The molecular formula is C20H26N2O3. The average Bonchev–Trinajstić information content (AvgIpc) is 3.44. The molecule has 0 spiro atoms. The average molecular weight is 342 g/mol. The van der Waals surface area contributed by atoms with Crippen molar-refractivity contribution < 1.29 is 14.6 Å². The third-order valence-electron chi connectivity index (χ3n) is 4.48. The van der Waals surface area contributed by atoms with Crippen LogP contribution in [0, 0.1) is 5.92 Å². The summed E-state index contributed by atoms with van der Waals surface area (Å²) in [5.74, 6) is 0.672. The second kappa shape index (κ2) is 8.32. The van der Waals surface area contributed by atoms with Crippen LogP contribution in [0.4, 0.5) is 4.79 Å². The quantitative estimate of drug-likeness (QED) is 0.691. The molecule has 0 aliphatic heterocycles. The van der Waals surface area contributed by atoms with Gasteiger partial charge in [-0.3, -0.25) is 0 Å². The second-order valence-corrected chi connectivity index (χ2v) is 6.82. The molecule has 134 valence electrons. The summed E-state index contributed by atoms with van der Waals surface area (Å²) in [6.45, 7) is 3.10. The van der Waals surface area contributed by atoms with Crippen molar-refractivity contribution in [1.82, 2.24) is 10.6 Å². The number of fused-ring (bicyclic) bond motifs is 1. The number of carbonyl (C=O) groups excluding carboxylic acids is 1. The van der Waals surface area contributed by atoms with E-state index in [0.717, 1.165) is 10.9 Å². The zero-order valence-electron chi connectivity index (χ0n) is 14.6. The molecular weight excluding hydrogens is 316 g/mol. The Morgan fingerprint density at radius 1 is 1.24 bits per heavy atom. The van der Waals surface area contributed by atoms with E-state index in [0.29, 0.717) is 12.5 Å². The van der Waals surface area contributed by atoms with Crippen LogP contribution >= 0.6 is 0 Å². The smallest absolute Gasteiger partial charge is 0.315 e. The van der Waals surface area contributed by atoms with E-state index in [1.54, 1.807) is 0 Å². The number of amides is 2. The van der Waals surface area contributed by atoms with Crippen LogP contribution in [0.2, 0.25) is 0 Å². The fourth-order valence-corrected chi connectivity index (χ4v) is 2.73. The van der Waals surface area contributed by atoms with Crippen molar-refractivity contribution in [3.8, 4) is 0 Å². The molecule has 25 heavy (non-hydrogen) atoms. The molecule has 2 amide bonds. The van der Waals surface area contributed by atoms with Crippen molar-refractivity contribution in [2.45, 2.75) is 31.9 Å². The number of ether oxygens (including phenoxy) is 1. The molecule has 1 aliphatic carbocycles. The van der Waals surface area contributed by atoms with Crippen molar-refractivity contribution >= 4 is 16.8 Å². The summed E-state index contributed by atoms with van der Waals surface area (Å²) in [5.41, 5.74) is 1.04. The van der Waals surface area contributed by atoms with E-state index in [2.05, 4.69) is 34.9 Å². The molecule has 0 radical (unpaired) electrons. The molecule has 0 saturated heterocycles. The van der Waals surface area contributed by atoms with Crippen molar-refractivity contribution in [3.05, 3.63) is 48.0 Å². The molecule has 2 aromatic rings. The molecule has 0 bridgehead atoms. The molecule has 0 heterocycles. The molecule has 2 aromatic carbocycles. The first kappa shape index (κ1) is 17.7. The van der Waals surface area contributed by atoms with Gasteiger partial charge in [-0.2, -0.15) is 0 Å². The van der Waals surface area contributed by atoms with E-state index >= 15 is 0 Å². The van der Waals surface area contributed by atoms with Crippen molar-refractivity contribution in [2.75, 3.05) is 19.8 Å². The fraction of sp³-hybridized carbons (Fsp3) is 0.450. The van der Waals surface area contributed by atoms with Crippen molar-refractivity contribution in [2.24, 2.45) is 5.92 Å². The summed E-state index contributed by atoms with van der Waals surface area (Å²) in [7, 11) is 0. The van der Waals surface area contributed by atoms with E-state index in [-0.39, 0.29) is 25.2 Å². The van der Waals surface area contributed by atoms with Gasteiger partial charge in [0.2, 0.25) is 0 Å². The minimum Gasteiger partial charge on any atom is -0.389 e. The van der Waals surface area contributed by atoms with Crippen molar-refractivity contribution in [3.63, 3.8) is 0 Å². The molecule has 0 aromatic heterocycles. The number of urea groups is 1. The van der Waals surface area contributed by atoms with Gasteiger partial charge < -0.3 is 20.5 Å². The number of carbonyl (C=O) groups is 1. The summed E-state index contributed by atoms with van der Waals surface area (Å²) in [6.07, 6.45) is 1.77. The normalized spacial score (nSPS) is 16.4. The van der Waals surface area contributed by atoms with Crippen LogP contribution < -0.4 is 10.6 Å². The molecule has 2 atom stereocenters. The molecule has 3 N–H and O–H groups in total.